The third-order valence-corrected chi connectivity index (χ3v) is 3.58. The summed E-state index contributed by atoms with van der Waals surface area (Å²) in [5.74, 6) is 1.23. The quantitative estimate of drug-likeness (QED) is 0.568. The van der Waals surface area contributed by atoms with E-state index in [9.17, 15) is 4.79 Å². The van der Waals surface area contributed by atoms with Crippen LogP contribution in [0.25, 0.3) is 0 Å². The molecule has 0 saturated heterocycles. The molecule has 1 nitrogen and oxygen atoms in total. The van der Waals surface area contributed by atoms with Crippen LogP contribution >= 0.6 is 23.2 Å². The van der Waals surface area contributed by atoms with Crippen molar-refractivity contribution >= 4 is 29.0 Å². The lowest BCUT2D eigenvalue weighted by molar-refractivity contribution is 0.103. The van der Waals surface area contributed by atoms with Gasteiger partial charge in [0.05, 0.1) is 0 Å². The van der Waals surface area contributed by atoms with Crippen molar-refractivity contribution in [2.24, 2.45) is 0 Å². The second-order valence-corrected chi connectivity index (χ2v) is 5.36. The SMILES string of the molecule is O=C(c1ccc(CCCl)cc1)c1ccc(CCCl)cc1. The first-order chi connectivity index (χ1) is 9.74. The van der Waals surface area contributed by atoms with Gasteiger partial charge in [0.2, 0.25) is 0 Å². The molecule has 0 atom stereocenters. The van der Waals surface area contributed by atoms with Crippen LogP contribution in [0.4, 0.5) is 0 Å². The Hall–Kier alpha value is -1.31. The van der Waals surface area contributed by atoms with Crippen LogP contribution in [-0.4, -0.2) is 17.5 Å². The Morgan fingerprint density at radius 1 is 0.700 bits per heavy atom. The maximum Gasteiger partial charge on any atom is 0.193 e. The molecular weight excluding hydrogens is 291 g/mol. The minimum absolute atomic E-state index is 0.0415. The largest absolute Gasteiger partial charge is 0.289 e. The van der Waals surface area contributed by atoms with E-state index in [2.05, 4.69) is 0 Å². The van der Waals surface area contributed by atoms with Crippen molar-refractivity contribution in [3.8, 4) is 0 Å². The number of hydrogen-bond donors (Lipinski definition) is 0. The molecule has 3 heteroatoms. The summed E-state index contributed by atoms with van der Waals surface area (Å²) in [7, 11) is 0. The summed E-state index contributed by atoms with van der Waals surface area (Å²) < 4.78 is 0. The van der Waals surface area contributed by atoms with Crippen molar-refractivity contribution in [1.29, 1.82) is 0 Å². The number of benzene rings is 2. The molecule has 0 aliphatic rings. The summed E-state index contributed by atoms with van der Waals surface area (Å²) >= 11 is 11.4. The number of halogens is 2. The Bertz CT molecular complexity index is 507. The molecule has 104 valence electrons. The van der Waals surface area contributed by atoms with Gasteiger partial charge in [0.15, 0.2) is 5.78 Å². The van der Waals surface area contributed by atoms with Crippen molar-refractivity contribution in [1.82, 2.24) is 0 Å². The molecule has 0 radical (unpaired) electrons. The van der Waals surface area contributed by atoms with Gasteiger partial charge < -0.3 is 0 Å². The fraction of sp³-hybridized carbons (Fsp3) is 0.235. The fourth-order valence-corrected chi connectivity index (χ4v) is 2.47. The fourth-order valence-electron chi connectivity index (χ4n) is 2.03. The second kappa shape index (κ2) is 7.47. The first-order valence-corrected chi connectivity index (χ1v) is 7.66. The number of rotatable bonds is 6. The van der Waals surface area contributed by atoms with Gasteiger partial charge >= 0.3 is 0 Å². The minimum Gasteiger partial charge on any atom is -0.289 e. The molecule has 0 aliphatic heterocycles. The zero-order chi connectivity index (χ0) is 14.4. The average Bonchev–Trinajstić information content (AvgIpc) is 2.49. The Morgan fingerprint density at radius 2 is 1.05 bits per heavy atom. The summed E-state index contributed by atoms with van der Waals surface area (Å²) in [6.45, 7) is 0. The first-order valence-electron chi connectivity index (χ1n) is 6.59. The number of ketones is 1. The Kier molecular flexibility index (Phi) is 5.63. The number of carbonyl (C=O) groups is 1. The number of alkyl halides is 2. The number of carbonyl (C=O) groups excluding carboxylic acids is 1. The molecule has 0 amide bonds. The normalized spacial score (nSPS) is 10.5. The summed E-state index contributed by atoms with van der Waals surface area (Å²) in [5.41, 5.74) is 3.70. The Balaban J connectivity index is 2.13. The summed E-state index contributed by atoms with van der Waals surface area (Å²) in [5, 5.41) is 0. The van der Waals surface area contributed by atoms with E-state index in [-0.39, 0.29) is 5.78 Å². The molecule has 0 N–H and O–H groups in total. The monoisotopic (exact) mass is 306 g/mol. The van der Waals surface area contributed by atoms with E-state index >= 15 is 0 Å². The summed E-state index contributed by atoms with van der Waals surface area (Å²) in [4.78, 5) is 12.3. The Labute approximate surface area is 129 Å². The molecule has 0 bridgehead atoms. The summed E-state index contributed by atoms with van der Waals surface area (Å²) in [6, 6.07) is 15.3. The molecule has 0 aromatic heterocycles. The van der Waals surface area contributed by atoms with Crippen LogP contribution in [0.1, 0.15) is 27.0 Å². The molecule has 2 aromatic rings. The minimum atomic E-state index is 0.0415. The van der Waals surface area contributed by atoms with Crippen LogP contribution in [0.5, 0.6) is 0 Å². The van der Waals surface area contributed by atoms with E-state index in [4.69, 9.17) is 23.2 Å². The van der Waals surface area contributed by atoms with Crippen LogP contribution in [0.3, 0.4) is 0 Å². The van der Waals surface area contributed by atoms with Crippen LogP contribution in [-0.2, 0) is 12.8 Å². The van der Waals surface area contributed by atoms with Crippen molar-refractivity contribution < 1.29 is 4.79 Å². The molecule has 2 aromatic carbocycles. The van der Waals surface area contributed by atoms with E-state index in [1.54, 1.807) is 0 Å². The van der Waals surface area contributed by atoms with Crippen LogP contribution in [0.15, 0.2) is 48.5 Å². The smallest absolute Gasteiger partial charge is 0.193 e. The van der Waals surface area contributed by atoms with Crippen molar-refractivity contribution in [2.45, 2.75) is 12.8 Å². The highest BCUT2D eigenvalue weighted by Gasteiger charge is 2.08. The van der Waals surface area contributed by atoms with Gasteiger partial charge in [-0.3, -0.25) is 4.79 Å². The van der Waals surface area contributed by atoms with Gasteiger partial charge in [0, 0.05) is 22.9 Å². The van der Waals surface area contributed by atoms with Gasteiger partial charge in [-0.25, -0.2) is 0 Å². The molecule has 0 heterocycles. The summed E-state index contributed by atoms with van der Waals surface area (Å²) in [6.07, 6.45) is 1.65. The standard InChI is InChI=1S/C17H16Cl2O/c18-11-9-13-1-5-15(6-2-13)17(20)16-7-3-14(4-8-16)10-12-19/h1-8H,9-12H2. The van der Waals surface area contributed by atoms with E-state index < -0.39 is 0 Å². The number of aryl methyl sites for hydroxylation is 2. The molecular formula is C17H16Cl2O. The lowest BCUT2D eigenvalue weighted by atomic mass is 10.00. The maximum atomic E-state index is 12.3. The van der Waals surface area contributed by atoms with Gasteiger partial charge in [-0.2, -0.15) is 0 Å². The lowest BCUT2D eigenvalue weighted by Crippen LogP contribution is -2.02. The second-order valence-electron chi connectivity index (χ2n) is 4.60. The van der Waals surface area contributed by atoms with Gasteiger partial charge in [0.25, 0.3) is 0 Å². The first kappa shape index (κ1) is 15.1. The van der Waals surface area contributed by atoms with Gasteiger partial charge in [-0.15, -0.1) is 23.2 Å². The van der Waals surface area contributed by atoms with E-state index in [1.165, 1.54) is 0 Å². The van der Waals surface area contributed by atoms with Crippen molar-refractivity contribution in [3.05, 3.63) is 70.8 Å². The zero-order valence-corrected chi connectivity index (χ0v) is 12.6. The molecule has 0 fully saturated rings. The maximum absolute atomic E-state index is 12.3. The Morgan fingerprint density at radius 3 is 1.35 bits per heavy atom. The zero-order valence-electron chi connectivity index (χ0n) is 11.1. The molecule has 0 unspecified atom stereocenters. The molecule has 20 heavy (non-hydrogen) atoms. The van der Waals surface area contributed by atoms with Crippen LogP contribution in [0, 0.1) is 0 Å². The highest BCUT2D eigenvalue weighted by atomic mass is 35.5. The van der Waals surface area contributed by atoms with E-state index in [0.29, 0.717) is 22.9 Å². The van der Waals surface area contributed by atoms with Gasteiger partial charge in [-0.05, 0) is 24.0 Å². The van der Waals surface area contributed by atoms with E-state index in [0.717, 1.165) is 24.0 Å². The topological polar surface area (TPSA) is 17.1 Å². The molecule has 0 spiro atoms. The highest BCUT2D eigenvalue weighted by molar-refractivity contribution is 6.18. The van der Waals surface area contributed by atoms with Crippen molar-refractivity contribution in [2.75, 3.05) is 11.8 Å². The molecule has 0 saturated carbocycles. The third-order valence-electron chi connectivity index (χ3n) is 3.20. The predicted octanol–water partition coefficient (Wildman–Crippen LogP) is 4.48. The van der Waals surface area contributed by atoms with Gasteiger partial charge in [-0.1, -0.05) is 48.5 Å². The number of hydrogen-bond acceptors (Lipinski definition) is 1. The predicted molar refractivity (Wildman–Crippen MR) is 85.2 cm³/mol. The average molecular weight is 307 g/mol. The highest BCUT2D eigenvalue weighted by Crippen LogP contribution is 2.13. The van der Waals surface area contributed by atoms with Crippen LogP contribution < -0.4 is 0 Å². The molecule has 2 rings (SSSR count). The van der Waals surface area contributed by atoms with Crippen LogP contribution in [0.2, 0.25) is 0 Å². The van der Waals surface area contributed by atoms with E-state index in [1.807, 2.05) is 48.5 Å². The lowest BCUT2D eigenvalue weighted by Gasteiger charge is -2.04. The third kappa shape index (κ3) is 3.84. The van der Waals surface area contributed by atoms with Crippen molar-refractivity contribution in [3.63, 3.8) is 0 Å². The van der Waals surface area contributed by atoms with Gasteiger partial charge in [0.1, 0.15) is 0 Å². The molecule has 0 aliphatic carbocycles.